The number of rotatable bonds is 0. The van der Waals surface area contributed by atoms with E-state index in [0.29, 0.717) is 5.92 Å². The fourth-order valence-electron chi connectivity index (χ4n) is 1.43. The zero-order valence-electron chi connectivity index (χ0n) is 12.4. The summed E-state index contributed by atoms with van der Waals surface area (Å²) in [4.78, 5) is 23.0. The maximum Gasteiger partial charge on any atom is 0.410 e. The zero-order valence-corrected chi connectivity index (χ0v) is 12.4. The van der Waals surface area contributed by atoms with Crippen molar-refractivity contribution in [3.8, 4) is 0 Å². The van der Waals surface area contributed by atoms with Crippen LogP contribution in [-0.2, 0) is 9.53 Å². The summed E-state index contributed by atoms with van der Waals surface area (Å²) >= 11 is 0. The molecule has 5 heteroatoms. The van der Waals surface area contributed by atoms with Crippen LogP contribution < -0.4 is 5.32 Å². The zero-order chi connectivity index (χ0) is 14.3. The number of amides is 2. The first-order valence-electron chi connectivity index (χ1n) is 6.32. The average Bonchev–Trinajstić information content (AvgIpc) is 2.63. The molecule has 5 nitrogen and oxygen atoms in total. The Balaban J connectivity index is 0.000000494. The van der Waals surface area contributed by atoms with E-state index in [-0.39, 0.29) is 17.6 Å². The minimum Gasteiger partial charge on any atom is -0.444 e. The molecule has 106 valence electrons. The van der Waals surface area contributed by atoms with Crippen LogP contribution >= 0.6 is 0 Å². The van der Waals surface area contributed by atoms with Crippen LogP contribution in [0.4, 0.5) is 4.79 Å². The van der Waals surface area contributed by atoms with Gasteiger partial charge in [0, 0.05) is 27.1 Å². The predicted molar refractivity (Wildman–Crippen MR) is 71.3 cm³/mol. The van der Waals surface area contributed by atoms with E-state index in [0.717, 1.165) is 19.5 Å². The summed E-state index contributed by atoms with van der Waals surface area (Å²) in [5.74, 6) is 0.623. The van der Waals surface area contributed by atoms with E-state index in [1.165, 1.54) is 6.92 Å². The first-order chi connectivity index (χ1) is 8.15. The Morgan fingerprint density at radius 2 is 1.83 bits per heavy atom. The first-order valence-corrected chi connectivity index (χ1v) is 6.32. The Bertz CT molecular complexity index is 284. The molecule has 0 saturated carbocycles. The third-order valence-corrected chi connectivity index (χ3v) is 2.43. The summed E-state index contributed by atoms with van der Waals surface area (Å²) in [5.41, 5.74) is -0.372. The summed E-state index contributed by atoms with van der Waals surface area (Å²) in [6, 6.07) is 0. The van der Waals surface area contributed by atoms with Gasteiger partial charge in [0.05, 0.1) is 0 Å². The normalized spacial score (nSPS) is 18.8. The highest BCUT2D eigenvalue weighted by Gasteiger charge is 2.27. The number of nitrogens with one attached hydrogen (secondary N) is 1. The molecular weight excluding hydrogens is 232 g/mol. The highest BCUT2D eigenvalue weighted by Crippen LogP contribution is 2.18. The van der Waals surface area contributed by atoms with Gasteiger partial charge in [-0.15, -0.1) is 0 Å². The van der Waals surface area contributed by atoms with Crippen LogP contribution in [0.3, 0.4) is 0 Å². The molecule has 18 heavy (non-hydrogen) atoms. The quantitative estimate of drug-likeness (QED) is 0.723. The lowest BCUT2D eigenvalue weighted by Crippen LogP contribution is -2.35. The molecule has 0 aliphatic carbocycles. The lowest BCUT2D eigenvalue weighted by atomic mass is 10.2. The van der Waals surface area contributed by atoms with E-state index in [4.69, 9.17) is 4.74 Å². The molecular formula is C13H26N2O3. The molecule has 1 heterocycles. The number of ether oxygens (including phenoxy) is 1. The Hall–Kier alpha value is -1.26. The summed E-state index contributed by atoms with van der Waals surface area (Å²) < 4.78 is 5.26. The second-order valence-electron chi connectivity index (χ2n) is 5.63. The van der Waals surface area contributed by atoms with E-state index >= 15 is 0 Å². The van der Waals surface area contributed by atoms with Crippen molar-refractivity contribution in [3.63, 3.8) is 0 Å². The molecule has 1 fully saturated rings. The Labute approximate surface area is 110 Å². The van der Waals surface area contributed by atoms with E-state index in [9.17, 15) is 9.59 Å². The summed E-state index contributed by atoms with van der Waals surface area (Å²) in [6.07, 6.45) is 0.927. The fraction of sp³-hybridized carbons (Fsp3) is 0.846. The van der Waals surface area contributed by atoms with E-state index in [1.807, 2.05) is 20.8 Å². The maximum absolute atomic E-state index is 11.5. The molecule has 1 aliphatic heterocycles. The van der Waals surface area contributed by atoms with E-state index in [2.05, 4.69) is 12.2 Å². The van der Waals surface area contributed by atoms with Gasteiger partial charge in [-0.2, -0.15) is 0 Å². The molecule has 0 aromatic rings. The topological polar surface area (TPSA) is 58.6 Å². The van der Waals surface area contributed by atoms with Crippen LogP contribution in [0.2, 0.25) is 0 Å². The summed E-state index contributed by atoms with van der Waals surface area (Å²) in [6.45, 7) is 11.0. The van der Waals surface area contributed by atoms with Gasteiger partial charge >= 0.3 is 6.09 Å². The number of hydrogen-bond donors (Lipinski definition) is 1. The van der Waals surface area contributed by atoms with Gasteiger partial charge in [0.1, 0.15) is 5.60 Å². The van der Waals surface area contributed by atoms with Crippen LogP contribution in [0.15, 0.2) is 0 Å². The van der Waals surface area contributed by atoms with Crippen LogP contribution in [0.25, 0.3) is 0 Å². The molecule has 0 bridgehead atoms. The van der Waals surface area contributed by atoms with Crippen LogP contribution in [0.5, 0.6) is 0 Å². The highest BCUT2D eigenvalue weighted by atomic mass is 16.6. The number of hydrogen-bond acceptors (Lipinski definition) is 3. The van der Waals surface area contributed by atoms with Gasteiger partial charge in [-0.25, -0.2) is 4.79 Å². The van der Waals surface area contributed by atoms with Gasteiger partial charge in [-0.1, -0.05) is 6.92 Å². The van der Waals surface area contributed by atoms with Crippen LogP contribution in [0.1, 0.15) is 41.0 Å². The predicted octanol–water partition coefficient (Wildman–Crippen LogP) is 2.02. The van der Waals surface area contributed by atoms with Gasteiger partial charge in [0.15, 0.2) is 0 Å². The molecule has 1 aliphatic rings. The average molecular weight is 258 g/mol. The lowest BCUT2D eigenvalue weighted by Gasteiger charge is -2.24. The lowest BCUT2D eigenvalue weighted by molar-refractivity contribution is -0.118. The summed E-state index contributed by atoms with van der Waals surface area (Å²) in [5, 5.41) is 2.39. The fourth-order valence-corrected chi connectivity index (χ4v) is 1.43. The third-order valence-electron chi connectivity index (χ3n) is 2.43. The molecule has 1 saturated heterocycles. The Kier molecular flexibility index (Phi) is 6.73. The number of nitrogens with zero attached hydrogens (tertiary/aromatic N) is 1. The second-order valence-corrected chi connectivity index (χ2v) is 5.63. The Morgan fingerprint density at radius 3 is 2.11 bits per heavy atom. The standard InChI is InChI=1S/C10H19NO2.C3H7NO/c1-8-5-6-11(7-8)9(12)13-10(2,3)4;1-3(5)4-2/h8H,5-7H2,1-4H3;1-2H3,(H,4,5). The molecule has 1 N–H and O–H groups in total. The molecule has 0 spiro atoms. The SMILES string of the molecule is CC1CCN(C(=O)OC(C)(C)C)C1.CNC(C)=O. The molecule has 2 amide bonds. The smallest absolute Gasteiger partial charge is 0.410 e. The van der Waals surface area contributed by atoms with Crippen molar-refractivity contribution in [1.29, 1.82) is 0 Å². The molecule has 1 rings (SSSR count). The van der Waals surface area contributed by atoms with Gasteiger partial charge < -0.3 is 15.0 Å². The number of carbonyl (C=O) groups is 2. The maximum atomic E-state index is 11.5. The minimum atomic E-state index is -0.372. The van der Waals surface area contributed by atoms with Crippen LogP contribution in [-0.4, -0.2) is 42.6 Å². The van der Waals surface area contributed by atoms with E-state index in [1.54, 1.807) is 11.9 Å². The molecule has 0 aromatic heterocycles. The first kappa shape index (κ1) is 16.7. The Morgan fingerprint density at radius 1 is 1.33 bits per heavy atom. The molecule has 1 unspecified atom stereocenters. The van der Waals surface area contributed by atoms with Gasteiger partial charge in [-0.3, -0.25) is 4.79 Å². The molecule has 1 atom stereocenters. The van der Waals surface area contributed by atoms with Gasteiger partial charge in [-0.05, 0) is 33.1 Å². The monoisotopic (exact) mass is 258 g/mol. The minimum absolute atomic E-state index is 0.00463. The van der Waals surface area contributed by atoms with Crippen molar-refractivity contribution in [2.75, 3.05) is 20.1 Å². The molecule has 0 radical (unpaired) electrons. The van der Waals surface area contributed by atoms with Crippen molar-refractivity contribution in [1.82, 2.24) is 10.2 Å². The van der Waals surface area contributed by atoms with Crippen molar-refractivity contribution in [2.45, 2.75) is 46.6 Å². The van der Waals surface area contributed by atoms with Gasteiger partial charge in [0.25, 0.3) is 0 Å². The van der Waals surface area contributed by atoms with E-state index < -0.39 is 0 Å². The van der Waals surface area contributed by atoms with Crippen molar-refractivity contribution >= 4 is 12.0 Å². The summed E-state index contributed by atoms with van der Waals surface area (Å²) in [7, 11) is 1.60. The van der Waals surface area contributed by atoms with Gasteiger partial charge in [0.2, 0.25) is 5.91 Å². The highest BCUT2D eigenvalue weighted by molar-refractivity contribution is 5.72. The largest absolute Gasteiger partial charge is 0.444 e. The van der Waals surface area contributed by atoms with Crippen molar-refractivity contribution in [3.05, 3.63) is 0 Å². The van der Waals surface area contributed by atoms with Crippen molar-refractivity contribution in [2.24, 2.45) is 5.92 Å². The second kappa shape index (κ2) is 7.24. The van der Waals surface area contributed by atoms with Crippen molar-refractivity contribution < 1.29 is 14.3 Å². The van der Waals surface area contributed by atoms with Crippen LogP contribution in [0, 0.1) is 5.92 Å². The number of likely N-dealkylation sites (tertiary alicyclic amines) is 1. The third kappa shape index (κ3) is 7.92. The molecule has 0 aromatic carbocycles. The number of carbonyl (C=O) groups excluding carboxylic acids is 2.